The molecule has 0 heterocycles. The minimum Gasteiger partial charge on any atom is -0.396 e. The van der Waals surface area contributed by atoms with Crippen LogP contribution >= 0.6 is 0 Å². The van der Waals surface area contributed by atoms with E-state index in [4.69, 9.17) is 5.11 Å². The summed E-state index contributed by atoms with van der Waals surface area (Å²) in [6.45, 7) is 8.87. The normalized spacial score (nSPS) is 15.6. The van der Waals surface area contributed by atoms with Crippen molar-refractivity contribution in [2.45, 2.75) is 52.1 Å². The summed E-state index contributed by atoms with van der Waals surface area (Å²) in [5.41, 5.74) is 0. The first-order chi connectivity index (χ1) is 7.15. The third-order valence-electron chi connectivity index (χ3n) is 2.94. The molecule has 0 radical (unpaired) electrons. The van der Waals surface area contributed by atoms with Gasteiger partial charge in [0.1, 0.15) is 0 Å². The van der Waals surface area contributed by atoms with Gasteiger partial charge in [-0.3, -0.25) is 0 Å². The molecule has 0 aliphatic heterocycles. The fourth-order valence-electron chi connectivity index (χ4n) is 1.87. The lowest BCUT2D eigenvalue weighted by Crippen LogP contribution is -2.43. The molecular weight excluding hydrogens is 188 g/mol. The molecule has 0 rings (SSSR count). The maximum Gasteiger partial charge on any atom is 0.0446 e. The average Bonchev–Trinajstić information content (AvgIpc) is 2.18. The van der Waals surface area contributed by atoms with Crippen molar-refractivity contribution in [1.82, 2.24) is 10.2 Å². The highest BCUT2D eigenvalue weighted by Gasteiger charge is 2.13. The molecular formula is C12H28N2O. The van der Waals surface area contributed by atoms with Crippen molar-refractivity contribution < 1.29 is 5.11 Å². The zero-order chi connectivity index (χ0) is 11.7. The quantitative estimate of drug-likeness (QED) is 0.612. The molecule has 2 atom stereocenters. The Kier molecular flexibility index (Phi) is 9.06. The predicted molar refractivity (Wildman–Crippen MR) is 66.2 cm³/mol. The number of nitrogens with zero attached hydrogens (tertiary/aromatic N) is 1. The van der Waals surface area contributed by atoms with Crippen molar-refractivity contribution in [3.8, 4) is 0 Å². The van der Waals surface area contributed by atoms with Gasteiger partial charge >= 0.3 is 0 Å². The molecule has 3 nitrogen and oxygen atoms in total. The summed E-state index contributed by atoms with van der Waals surface area (Å²) in [4.78, 5) is 2.38. The fraction of sp³-hybridized carbons (Fsp3) is 1.00. The number of nitrogens with one attached hydrogen (secondary N) is 1. The van der Waals surface area contributed by atoms with Gasteiger partial charge in [-0.1, -0.05) is 20.3 Å². The monoisotopic (exact) mass is 216 g/mol. The van der Waals surface area contributed by atoms with Crippen molar-refractivity contribution in [2.75, 3.05) is 26.7 Å². The zero-order valence-corrected chi connectivity index (χ0v) is 10.8. The Labute approximate surface area is 94.9 Å². The molecule has 92 valence electrons. The number of hydrogen-bond donors (Lipinski definition) is 2. The van der Waals surface area contributed by atoms with Gasteiger partial charge in [-0.2, -0.15) is 0 Å². The van der Waals surface area contributed by atoms with Gasteiger partial charge in [-0.15, -0.1) is 0 Å². The van der Waals surface area contributed by atoms with Crippen molar-refractivity contribution in [1.29, 1.82) is 0 Å². The van der Waals surface area contributed by atoms with Crippen LogP contribution in [0.2, 0.25) is 0 Å². The second-order valence-electron chi connectivity index (χ2n) is 4.34. The highest BCUT2D eigenvalue weighted by Crippen LogP contribution is 2.05. The first-order valence-corrected chi connectivity index (χ1v) is 6.20. The van der Waals surface area contributed by atoms with Crippen molar-refractivity contribution in [3.63, 3.8) is 0 Å². The first-order valence-electron chi connectivity index (χ1n) is 6.20. The lowest BCUT2D eigenvalue weighted by Gasteiger charge is -2.29. The van der Waals surface area contributed by atoms with E-state index in [1.54, 1.807) is 0 Å². The van der Waals surface area contributed by atoms with Crippen LogP contribution in [0.15, 0.2) is 0 Å². The van der Waals surface area contributed by atoms with Gasteiger partial charge in [0.25, 0.3) is 0 Å². The Morgan fingerprint density at radius 2 is 1.93 bits per heavy atom. The molecule has 0 aromatic heterocycles. The van der Waals surface area contributed by atoms with Crippen LogP contribution in [0.1, 0.15) is 40.0 Å². The van der Waals surface area contributed by atoms with Crippen LogP contribution < -0.4 is 5.32 Å². The molecule has 0 aromatic rings. The Balaban J connectivity index is 3.91. The van der Waals surface area contributed by atoms with Crippen LogP contribution in [0.4, 0.5) is 0 Å². The minimum atomic E-state index is 0.271. The Morgan fingerprint density at radius 3 is 2.40 bits per heavy atom. The Hall–Kier alpha value is -0.120. The molecule has 0 saturated heterocycles. The van der Waals surface area contributed by atoms with Gasteiger partial charge in [-0.05, 0) is 33.4 Å². The third-order valence-corrected chi connectivity index (χ3v) is 2.94. The summed E-state index contributed by atoms with van der Waals surface area (Å²) in [6.07, 6.45) is 3.32. The molecule has 0 spiro atoms. The molecule has 0 saturated carbocycles. The summed E-state index contributed by atoms with van der Waals surface area (Å²) < 4.78 is 0. The van der Waals surface area contributed by atoms with E-state index in [-0.39, 0.29) is 6.61 Å². The minimum absolute atomic E-state index is 0.271. The smallest absolute Gasteiger partial charge is 0.0446 e. The summed E-state index contributed by atoms with van der Waals surface area (Å²) in [5, 5.41) is 12.4. The Morgan fingerprint density at radius 1 is 1.27 bits per heavy atom. The predicted octanol–water partition coefficient (Wildman–Crippen LogP) is 1.47. The molecule has 15 heavy (non-hydrogen) atoms. The lowest BCUT2D eigenvalue weighted by atomic mass is 10.1. The second-order valence-corrected chi connectivity index (χ2v) is 4.34. The van der Waals surface area contributed by atoms with Gasteiger partial charge in [0.15, 0.2) is 0 Å². The SMILES string of the molecule is CCCC(C)N(C)CC(CCO)NCC. The molecule has 0 aromatic carbocycles. The number of aliphatic hydroxyl groups is 1. The van der Waals surface area contributed by atoms with Crippen LogP contribution in [-0.2, 0) is 0 Å². The molecule has 0 amide bonds. The first kappa shape index (κ1) is 14.9. The fourth-order valence-corrected chi connectivity index (χ4v) is 1.87. The lowest BCUT2D eigenvalue weighted by molar-refractivity contribution is 0.194. The Bertz CT molecular complexity index is 136. The maximum absolute atomic E-state index is 8.96. The van der Waals surface area contributed by atoms with E-state index < -0.39 is 0 Å². The molecule has 0 aliphatic rings. The highest BCUT2D eigenvalue weighted by molar-refractivity contribution is 4.73. The van der Waals surface area contributed by atoms with Crippen LogP contribution in [-0.4, -0.2) is 48.8 Å². The third kappa shape index (κ3) is 6.88. The van der Waals surface area contributed by atoms with Gasteiger partial charge in [0.2, 0.25) is 0 Å². The zero-order valence-electron chi connectivity index (χ0n) is 10.8. The maximum atomic E-state index is 8.96. The van der Waals surface area contributed by atoms with E-state index in [0.717, 1.165) is 19.5 Å². The van der Waals surface area contributed by atoms with Gasteiger partial charge in [0.05, 0.1) is 0 Å². The van der Waals surface area contributed by atoms with Crippen molar-refractivity contribution in [2.24, 2.45) is 0 Å². The number of rotatable bonds is 9. The van der Waals surface area contributed by atoms with E-state index >= 15 is 0 Å². The van der Waals surface area contributed by atoms with Crippen LogP contribution in [0.5, 0.6) is 0 Å². The van der Waals surface area contributed by atoms with E-state index in [1.807, 2.05) is 0 Å². The summed E-state index contributed by atoms with van der Waals surface area (Å²) in [6, 6.07) is 1.05. The molecule has 0 aliphatic carbocycles. The largest absolute Gasteiger partial charge is 0.396 e. The molecule has 0 bridgehead atoms. The van der Waals surface area contributed by atoms with E-state index in [1.165, 1.54) is 12.8 Å². The number of aliphatic hydroxyl groups excluding tert-OH is 1. The molecule has 0 fully saturated rings. The number of likely N-dealkylation sites (N-methyl/N-ethyl adjacent to an activating group) is 2. The summed E-state index contributed by atoms with van der Waals surface area (Å²) in [5.74, 6) is 0. The van der Waals surface area contributed by atoms with Crippen LogP contribution in [0.3, 0.4) is 0 Å². The van der Waals surface area contributed by atoms with Crippen molar-refractivity contribution >= 4 is 0 Å². The summed E-state index contributed by atoms with van der Waals surface area (Å²) >= 11 is 0. The standard InChI is InChI=1S/C12H28N2O/c1-5-7-11(3)14(4)10-12(8-9-15)13-6-2/h11-13,15H,5-10H2,1-4H3. The average molecular weight is 216 g/mol. The van der Waals surface area contributed by atoms with E-state index in [2.05, 4.69) is 38.0 Å². The van der Waals surface area contributed by atoms with Crippen molar-refractivity contribution in [3.05, 3.63) is 0 Å². The summed E-state index contributed by atoms with van der Waals surface area (Å²) in [7, 11) is 2.17. The van der Waals surface area contributed by atoms with E-state index in [9.17, 15) is 0 Å². The molecule has 2 unspecified atom stereocenters. The van der Waals surface area contributed by atoms with Gasteiger partial charge in [-0.25, -0.2) is 0 Å². The van der Waals surface area contributed by atoms with Gasteiger partial charge < -0.3 is 15.3 Å². The molecule has 2 N–H and O–H groups in total. The highest BCUT2D eigenvalue weighted by atomic mass is 16.3. The topological polar surface area (TPSA) is 35.5 Å². The van der Waals surface area contributed by atoms with Crippen LogP contribution in [0, 0.1) is 0 Å². The second kappa shape index (κ2) is 9.13. The molecule has 3 heteroatoms. The van der Waals surface area contributed by atoms with Gasteiger partial charge in [0, 0.05) is 25.2 Å². The number of hydrogen-bond acceptors (Lipinski definition) is 3. The van der Waals surface area contributed by atoms with Crippen LogP contribution in [0.25, 0.3) is 0 Å². The van der Waals surface area contributed by atoms with E-state index in [0.29, 0.717) is 12.1 Å².